The fourth-order valence-electron chi connectivity index (χ4n) is 1.72. The van der Waals surface area contributed by atoms with E-state index in [0.717, 1.165) is 3.57 Å². The molecular weight excluding hydrogens is 367 g/mol. The van der Waals surface area contributed by atoms with Crippen LogP contribution < -0.4 is 10.6 Å². The number of anilines is 2. The standard InChI is InChI=1S/C15H13IN2O2/c1-10(19)17-11-5-4-6-12(9-11)18-15(20)13-7-2-3-8-14(13)16/h2-9H,1H3,(H,17,19)(H,18,20). The van der Waals surface area contributed by atoms with Crippen molar-refractivity contribution in [2.24, 2.45) is 0 Å². The molecule has 4 nitrogen and oxygen atoms in total. The number of hydrogen-bond donors (Lipinski definition) is 2. The van der Waals surface area contributed by atoms with E-state index in [9.17, 15) is 9.59 Å². The molecule has 2 aromatic rings. The normalized spacial score (nSPS) is 9.90. The van der Waals surface area contributed by atoms with Crippen LogP contribution in [-0.4, -0.2) is 11.8 Å². The van der Waals surface area contributed by atoms with Crippen LogP contribution in [0.2, 0.25) is 0 Å². The van der Waals surface area contributed by atoms with Gasteiger partial charge in [0.2, 0.25) is 5.91 Å². The van der Waals surface area contributed by atoms with Gasteiger partial charge in [-0.05, 0) is 52.9 Å². The van der Waals surface area contributed by atoms with Crippen molar-refractivity contribution in [3.8, 4) is 0 Å². The van der Waals surface area contributed by atoms with Crippen molar-refractivity contribution in [3.05, 3.63) is 57.7 Å². The third-order valence-corrected chi connectivity index (χ3v) is 3.50. The Balaban J connectivity index is 2.16. The van der Waals surface area contributed by atoms with Crippen molar-refractivity contribution < 1.29 is 9.59 Å². The summed E-state index contributed by atoms with van der Waals surface area (Å²) in [6.45, 7) is 1.44. The molecule has 0 radical (unpaired) electrons. The number of rotatable bonds is 3. The molecule has 0 heterocycles. The molecule has 0 fully saturated rings. The summed E-state index contributed by atoms with van der Waals surface area (Å²) < 4.78 is 0.889. The summed E-state index contributed by atoms with van der Waals surface area (Å²) in [5.41, 5.74) is 1.91. The van der Waals surface area contributed by atoms with Crippen molar-refractivity contribution in [2.75, 3.05) is 10.6 Å². The molecule has 2 rings (SSSR count). The summed E-state index contributed by atoms with van der Waals surface area (Å²) in [5, 5.41) is 5.50. The lowest BCUT2D eigenvalue weighted by Gasteiger charge is -2.08. The van der Waals surface area contributed by atoms with Gasteiger partial charge in [-0.3, -0.25) is 9.59 Å². The summed E-state index contributed by atoms with van der Waals surface area (Å²) in [6.07, 6.45) is 0. The zero-order valence-electron chi connectivity index (χ0n) is 10.8. The van der Waals surface area contributed by atoms with Gasteiger partial charge in [-0.15, -0.1) is 0 Å². The first-order valence-corrected chi connectivity index (χ1v) is 7.07. The maximum Gasteiger partial charge on any atom is 0.256 e. The van der Waals surface area contributed by atoms with Crippen LogP contribution in [0.4, 0.5) is 11.4 Å². The highest BCUT2D eigenvalue weighted by molar-refractivity contribution is 14.1. The Morgan fingerprint density at radius 1 is 0.950 bits per heavy atom. The predicted molar refractivity (Wildman–Crippen MR) is 87.9 cm³/mol. The first-order chi connectivity index (χ1) is 9.56. The van der Waals surface area contributed by atoms with Crippen LogP contribution in [0.15, 0.2) is 48.5 Å². The predicted octanol–water partition coefficient (Wildman–Crippen LogP) is 3.50. The van der Waals surface area contributed by atoms with E-state index in [1.807, 2.05) is 18.2 Å². The summed E-state index contributed by atoms with van der Waals surface area (Å²) in [5.74, 6) is -0.318. The molecule has 2 N–H and O–H groups in total. The van der Waals surface area contributed by atoms with Gasteiger partial charge in [-0.1, -0.05) is 18.2 Å². The number of nitrogens with one attached hydrogen (secondary N) is 2. The van der Waals surface area contributed by atoms with Crippen molar-refractivity contribution in [3.63, 3.8) is 0 Å². The molecule has 102 valence electrons. The fraction of sp³-hybridized carbons (Fsp3) is 0.0667. The van der Waals surface area contributed by atoms with Crippen LogP contribution in [0, 0.1) is 3.57 Å². The van der Waals surface area contributed by atoms with E-state index in [4.69, 9.17) is 0 Å². The van der Waals surface area contributed by atoms with Gasteiger partial charge in [0.05, 0.1) is 5.56 Å². The second-order valence-corrected chi connectivity index (χ2v) is 5.36. The SMILES string of the molecule is CC(=O)Nc1cccc(NC(=O)c2ccccc2I)c1. The number of hydrogen-bond acceptors (Lipinski definition) is 2. The maximum absolute atomic E-state index is 12.2. The monoisotopic (exact) mass is 380 g/mol. The second kappa shape index (κ2) is 6.51. The molecule has 0 saturated carbocycles. The van der Waals surface area contributed by atoms with Crippen LogP contribution in [-0.2, 0) is 4.79 Å². The third kappa shape index (κ3) is 3.80. The second-order valence-electron chi connectivity index (χ2n) is 4.20. The van der Waals surface area contributed by atoms with Crippen LogP contribution in [0.25, 0.3) is 0 Å². The molecule has 0 aliphatic heterocycles. The Morgan fingerprint density at radius 2 is 1.60 bits per heavy atom. The molecule has 0 bridgehead atoms. The van der Waals surface area contributed by atoms with Gasteiger partial charge in [0.1, 0.15) is 0 Å². The Labute approximate surface area is 130 Å². The molecule has 0 aliphatic rings. The highest BCUT2D eigenvalue weighted by atomic mass is 127. The van der Waals surface area contributed by atoms with E-state index in [1.54, 1.807) is 30.3 Å². The van der Waals surface area contributed by atoms with Crippen molar-refractivity contribution in [2.45, 2.75) is 6.92 Å². The van der Waals surface area contributed by atoms with Gasteiger partial charge in [-0.25, -0.2) is 0 Å². The first kappa shape index (κ1) is 14.5. The molecule has 0 atom stereocenters. The minimum Gasteiger partial charge on any atom is -0.326 e. The average Bonchev–Trinajstić information content (AvgIpc) is 2.38. The van der Waals surface area contributed by atoms with E-state index >= 15 is 0 Å². The fourth-order valence-corrected chi connectivity index (χ4v) is 2.35. The van der Waals surface area contributed by atoms with E-state index in [2.05, 4.69) is 33.2 Å². The molecule has 0 spiro atoms. The topological polar surface area (TPSA) is 58.2 Å². The summed E-state index contributed by atoms with van der Waals surface area (Å²) in [7, 11) is 0. The van der Waals surface area contributed by atoms with Crippen molar-refractivity contribution in [1.29, 1.82) is 0 Å². The zero-order chi connectivity index (χ0) is 14.5. The van der Waals surface area contributed by atoms with Gasteiger partial charge in [0.15, 0.2) is 0 Å². The van der Waals surface area contributed by atoms with E-state index in [1.165, 1.54) is 6.92 Å². The Kier molecular flexibility index (Phi) is 4.73. The molecule has 2 aromatic carbocycles. The highest BCUT2D eigenvalue weighted by Crippen LogP contribution is 2.18. The lowest BCUT2D eigenvalue weighted by Crippen LogP contribution is -2.13. The highest BCUT2D eigenvalue weighted by Gasteiger charge is 2.09. The Hall–Kier alpha value is -1.89. The lowest BCUT2D eigenvalue weighted by atomic mass is 10.2. The van der Waals surface area contributed by atoms with Gasteiger partial charge < -0.3 is 10.6 Å². The largest absolute Gasteiger partial charge is 0.326 e. The number of benzene rings is 2. The Bertz CT molecular complexity index is 656. The van der Waals surface area contributed by atoms with Gasteiger partial charge >= 0.3 is 0 Å². The van der Waals surface area contributed by atoms with Gasteiger partial charge in [-0.2, -0.15) is 0 Å². The van der Waals surface area contributed by atoms with Crippen molar-refractivity contribution in [1.82, 2.24) is 0 Å². The lowest BCUT2D eigenvalue weighted by molar-refractivity contribution is -0.114. The maximum atomic E-state index is 12.2. The molecule has 0 aliphatic carbocycles. The number of halogens is 1. The molecule has 0 unspecified atom stereocenters. The smallest absolute Gasteiger partial charge is 0.256 e. The van der Waals surface area contributed by atoms with Crippen LogP contribution in [0.1, 0.15) is 17.3 Å². The Morgan fingerprint density at radius 3 is 2.25 bits per heavy atom. The summed E-state index contributed by atoms with van der Waals surface area (Å²) >= 11 is 2.12. The molecular formula is C15H13IN2O2. The molecule has 2 amide bonds. The van der Waals surface area contributed by atoms with Gasteiger partial charge in [0.25, 0.3) is 5.91 Å². The average molecular weight is 380 g/mol. The number of carbonyl (C=O) groups excluding carboxylic acids is 2. The summed E-state index contributed by atoms with van der Waals surface area (Å²) in [6, 6.07) is 14.4. The van der Waals surface area contributed by atoms with E-state index < -0.39 is 0 Å². The molecule has 0 aromatic heterocycles. The molecule has 5 heteroatoms. The minimum absolute atomic E-state index is 0.147. The minimum atomic E-state index is -0.171. The third-order valence-electron chi connectivity index (χ3n) is 2.56. The van der Waals surface area contributed by atoms with E-state index in [0.29, 0.717) is 16.9 Å². The van der Waals surface area contributed by atoms with E-state index in [-0.39, 0.29) is 11.8 Å². The summed E-state index contributed by atoms with van der Waals surface area (Å²) in [4.78, 5) is 23.2. The van der Waals surface area contributed by atoms with Gasteiger partial charge in [0, 0.05) is 21.9 Å². The molecule has 0 saturated heterocycles. The van der Waals surface area contributed by atoms with Crippen LogP contribution >= 0.6 is 22.6 Å². The van der Waals surface area contributed by atoms with Crippen LogP contribution in [0.5, 0.6) is 0 Å². The molecule has 20 heavy (non-hydrogen) atoms. The number of amides is 2. The quantitative estimate of drug-likeness (QED) is 0.801. The van der Waals surface area contributed by atoms with Crippen molar-refractivity contribution >= 4 is 45.8 Å². The first-order valence-electron chi connectivity index (χ1n) is 6.00. The van der Waals surface area contributed by atoms with Crippen LogP contribution in [0.3, 0.4) is 0 Å². The number of carbonyl (C=O) groups is 2. The zero-order valence-corrected chi connectivity index (χ0v) is 13.0.